The average molecular weight is 329 g/mol. The van der Waals surface area contributed by atoms with Gasteiger partial charge in [-0.05, 0) is 29.3 Å². The van der Waals surface area contributed by atoms with Gasteiger partial charge in [0.1, 0.15) is 0 Å². The molecule has 19 heavy (non-hydrogen) atoms. The number of aromatic nitrogens is 2. The molecule has 2 rings (SSSR count). The van der Waals surface area contributed by atoms with Crippen molar-refractivity contribution in [3.63, 3.8) is 0 Å². The van der Waals surface area contributed by atoms with Crippen LogP contribution in [0.2, 0.25) is 0 Å². The average Bonchev–Trinajstić information content (AvgIpc) is 2.76. The van der Waals surface area contributed by atoms with Crippen molar-refractivity contribution in [3.8, 4) is 0 Å². The van der Waals surface area contributed by atoms with E-state index in [1.807, 2.05) is 0 Å². The topological polar surface area (TPSA) is 53.7 Å². The van der Waals surface area contributed by atoms with E-state index in [-0.39, 0.29) is 0 Å². The lowest BCUT2D eigenvalue weighted by Gasteiger charge is -2.27. The first kappa shape index (κ1) is 14.5. The van der Waals surface area contributed by atoms with Crippen LogP contribution < -0.4 is 0 Å². The Kier molecular flexibility index (Phi) is 4.99. The van der Waals surface area contributed by atoms with Crippen LogP contribution in [0.1, 0.15) is 38.1 Å². The molecule has 1 fully saturated rings. The van der Waals surface area contributed by atoms with Crippen molar-refractivity contribution in [2.45, 2.75) is 46.2 Å². The standard InChI is InChI=1S/C13H21BrN4O/c1-3-11-13(14)12(18(4-2)15-11)9-17-7-5-10(16-19)6-8-17/h19H,3-9H2,1-2H3. The summed E-state index contributed by atoms with van der Waals surface area (Å²) in [7, 11) is 0. The lowest BCUT2D eigenvalue weighted by atomic mass is 10.1. The molecule has 0 aromatic carbocycles. The Morgan fingerprint density at radius 2 is 2.00 bits per heavy atom. The summed E-state index contributed by atoms with van der Waals surface area (Å²) in [6.45, 7) is 7.94. The first-order chi connectivity index (χ1) is 9.19. The molecule has 1 aliphatic heterocycles. The number of oxime groups is 1. The van der Waals surface area contributed by atoms with Crippen molar-refractivity contribution in [3.05, 3.63) is 15.9 Å². The van der Waals surface area contributed by atoms with Gasteiger partial charge in [0.2, 0.25) is 0 Å². The lowest BCUT2D eigenvalue weighted by Crippen LogP contribution is -2.34. The highest BCUT2D eigenvalue weighted by Crippen LogP contribution is 2.24. The van der Waals surface area contributed by atoms with E-state index in [1.54, 1.807) is 0 Å². The maximum absolute atomic E-state index is 8.78. The van der Waals surface area contributed by atoms with E-state index >= 15 is 0 Å². The maximum Gasteiger partial charge on any atom is 0.0767 e. The van der Waals surface area contributed by atoms with E-state index in [2.05, 4.69) is 49.6 Å². The molecule has 0 amide bonds. The van der Waals surface area contributed by atoms with Crippen LogP contribution in [0.3, 0.4) is 0 Å². The molecular weight excluding hydrogens is 308 g/mol. The number of rotatable bonds is 4. The molecule has 6 heteroatoms. The Balaban J connectivity index is 2.09. The molecule has 2 heterocycles. The van der Waals surface area contributed by atoms with Crippen LogP contribution in [0.15, 0.2) is 9.63 Å². The summed E-state index contributed by atoms with van der Waals surface area (Å²) < 4.78 is 3.23. The van der Waals surface area contributed by atoms with E-state index in [9.17, 15) is 0 Å². The summed E-state index contributed by atoms with van der Waals surface area (Å²) >= 11 is 3.68. The van der Waals surface area contributed by atoms with Crippen LogP contribution in [0.5, 0.6) is 0 Å². The molecular formula is C13H21BrN4O. The Labute approximate surface area is 122 Å². The van der Waals surface area contributed by atoms with Crippen molar-refractivity contribution in [1.82, 2.24) is 14.7 Å². The molecule has 0 radical (unpaired) electrons. The van der Waals surface area contributed by atoms with Gasteiger partial charge in [-0.25, -0.2) is 0 Å². The molecule has 1 aromatic rings. The molecule has 1 N–H and O–H groups in total. The second-order valence-electron chi connectivity index (χ2n) is 4.82. The van der Waals surface area contributed by atoms with Gasteiger partial charge < -0.3 is 5.21 Å². The normalized spacial score (nSPS) is 16.9. The van der Waals surface area contributed by atoms with Crippen LogP contribution >= 0.6 is 15.9 Å². The van der Waals surface area contributed by atoms with Crippen molar-refractivity contribution in [1.29, 1.82) is 0 Å². The molecule has 0 atom stereocenters. The predicted molar refractivity (Wildman–Crippen MR) is 78.7 cm³/mol. The minimum absolute atomic E-state index is 0.856. The fraction of sp³-hybridized carbons (Fsp3) is 0.692. The van der Waals surface area contributed by atoms with Gasteiger partial charge in [-0.2, -0.15) is 5.10 Å². The van der Waals surface area contributed by atoms with Crippen LogP contribution in [0.25, 0.3) is 0 Å². The molecule has 106 valence electrons. The van der Waals surface area contributed by atoms with Gasteiger partial charge in [-0.1, -0.05) is 12.1 Å². The maximum atomic E-state index is 8.78. The first-order valence-electron chi connectivity index (χ1n) is 6.85. The number of aryl methyl sites for hydroxylation is 2. The number of piperidine rings is 1. The molecule has 1 aliphatic rings. The Morgan fingerprint density at radius 3 is 2.53 bits per heavy atom. The second kappa shape index (κ2) is 6.52. The number of hydrogen-bond donors (Lipinski definition) is 1. The van der Waals surface area contributed by atoms with Gasteiger partial charge in [0.25, 0.3) is 0 Å². The highest BCUT2D eigenvalue weighted by atomic mass is 79.9. The van der Waals surface area contributed by atoms with Crippen LogP contribution in [0.4, 0.5) is 0 Å². The summed E-state index contributed by atoms with van der Waals surface area (Å²) in [5.74, 6) is 0. The van der Waals surface area contributed by atoms with Crippen LogP contribution in [0, 0.1) is 0 Å². The molecule has 1 saturated heterocycles. The minimum Gasteiger partial charge on any atom is -0.411 e. The smallest absolute Gasteiger partial charge is 0.0767 e. The van der Waals surface area contributed by atoms with Crippen molar-refractivity contribution >= 4 is 21.6 Å². The van der Waals surface area contributed by atoms with E-state index in [0.29, 0.717) is 0 Å². The molecule has 0 saturated carbocycles. The fourth-order valence-corrected chi connectivity index (χ4v) is 3.14. The van der Waals surface area contributed by atoms with Crippen molar-refractivity contribution < 1.29 is 5.21 Å². The molecule has 0 unspecified atom stereocenters. The fourth-order valence-electron chi connectivity index (χ4n) is 2.45. The van der Waals surface area contributed by atoms with Gasteiger partial charge in [0, 0.05) is 39.0 Å². The largest absolute Gasteiger partial charge is 0.411 e. The third-order valence-corrected chi connectivity index (χ3v) is 4.56. The summed E-state index contributed by atoms with van der Waals surface area (Å²) in [6, 6.07) is 0. The number of halogens is 1. The third kappa shape index (κ3) is 3.17. The minimum atomic E-state index is 0.856. The molecule has 0 bridgehead atoms. The zero-order valence-electron chi connectivity index (χ0n) is 11.6. The summed E-state index contributed by atoms with van der Waals surface area (Å²) in [5, 5.41) is 16.7. The van der Waals surface area contributed by atoms with Gasteiger partial charge in [0.05, 0.1) is 21.6 Å². The summed E-state index contributed by atoms with van der Waals surface area (Å²) in [5.41, 5.74) is 3.30. The van der Waals surface area contributed by atoms with Crippen molar-refractivity contribution in [2.24, 2.45) is 5.16 Å². The van der Waals surface area contributed by atoms with Gasteiger partial charge >= 0.3 is 0 Å². The molecule has 1 aromatic heterocycles. The second-order valence-corrected chi connectivity index (χ2v) is 5.61. The van der Waals surface area contributed by atoms with E-state index in [1.165, 1.54) is 5.69 Å². The molecule has 0 aliphatic carbocycles. The summed E-state index contributed by atoms with van der Waals surface area (Å²) in [6.07, 6.45) is 2.66. The molecule has 5 nitrogen and oxygen atoms in total. The SMILES string of the molecule is CCc1nn(CC)c(CN2CCC(=NO)CC2)c1Br. The number of hydrogen-bond acceptors (Lipinski definition) is 4. The first-order valence-corrected chi connectivity index (χ1v) is 7.65. The monoisotopic (exact) mass is 328 g/mol. The Bertz CT molecular complexity index is 459. The highest BCUT2D eigenvalue weighted by molar-refractivity contribution is 9.10. The van der Waals surface area contributed by atoms with Crippen LogP contribution in [-0.2, 0) is 19.5 Å². The predicted octanol–water partition coefficient (Wildman–Crippen LogP) is 2.65. The molecule has 0 spiro atoms. The Morgan fingerprint density at radius 1 is 1.32 bits per heavy atom. The lowest BCUT2D eigenvalue weighted by molar-refractivity contribution is 0.249. The number of nitrogens with zero attached hydrogens (tertiary/aromatic N) is 4. The number of likely N-dealkylation sites (tertiary alicyclic amines) is 1. The third-order valence-electron chi connectivity index (χ3n) is 3.64. The van der Waals surface area contributed by atoms with Gasteiger partial charge in [-0.3, -0.25) is 9.58 Å². The van der Waals surface area contributed by atoms with Crippen LogP contribution in [-0.4, -0.2) is 38.7 Å². The van der Waals surface area contributed by atoms with Crippen molar-refractivity contribution in [2.75, 3.05) is 13.1 Å². The van der Waals surface area contributed by atoms with E-state index in [4.69, 9.17) is 5.21 Å². The highest BCUT2D eigenvalue weighted by Gasteiger charge is 2.20. The zero-order valence-corrected chi connectivity index (χ0v) is 13.1. The zero-order chi connectivity index (χ0) is 13.8. The Hall–Kier alpha value is -0.880. The quantitative estimate of drug-likeness (QED) is 0.682. The van der Waals surface area contributed by atoms with Gasteiger partial charge in [-0.15, -0.1) is 0 Å². The van der Waals surface area contributed by atoms with Gasteiger partial charge in [0.15, 0.2) is 0 Å². The van der Waals surface area contributed by atoms with E-state index < -0.39 is 0 Å². The van der Waals surface area contributed by atoms with E-state index in [0.717, 1.165) is 61.3 Å². The summed E-state index contributed by atoms with van der Waals surface area (Å²) in [4.78, 5) is 2.39.